The van der Waals surface area contributed by atoms with Gasteiger partial charge in [0, 0.05) is 47.2 Å². The zero-order chi connectivity index (χ0) is 45.2. The van der Waals surface area contributed by atoms with Gasteiger partial charge in [0.15, 0.2) is 5.78 Å². The second-order valence-corrected chi connectivity index (χ2v) is 15.0. The van der Waals surface area contributed by atoms with Crippen LogP contribution < -0.4 is 10.6 Å². The molecule has 2 unspecified atom stereocenters. The molecule has 0 amide bonds. The van der Waals surface area contributed by atoms with E-state index in [-0.39, 0.29) is 17.7 Å². The quantitative estimate of drug-likeness (QED) is 0.0708. The molecule has 8 aromatic rings. The summed E-state index contributed by atoms with van der Waals surface area (Å²) in [6, 6.07) is 57.2. The monoisotopic (exact) mass is 860 g/mol. The van der Waals surface area contributed by atoms with Gasteiger partial charge < -0.3 is 20.1 Å². The number of carbonyl (C=O) groups excluding carboxylic acids is 3. The topological polar surface area (TPSA) is 145 Å². The van der Waals surface area contributed by atoms with Crippen LogP contribution in [0.3, 0.4) is 0 Å². The van der Waals surface area contributed by atoms with Crippen molar-refractivity contribution in [3.8, 4) is 22.5 Å². The Morgan fingerprint density at radius 1 is 0.446 bits per heavy atom. The molecule has 0 aliphatic rings. The number of hydrogen-bond acceptors (Lipinski definition) is 11. The van der Waals surface area contributed by atoms with Crippen LogP contribution in [0.1, 0.15) is 38.2 Å². The molecule has 65 heavy (non-hydrogen) atoms. The maximum Gasteiger partial charge on any atom is 0.328 e. The van der Waals surface area contributed by atoms with Crippen LogP contribution in [-0.4, -0.2) is 64.0 Å². The van der Waals surface area contributed by atoms with Crippen molar-refractivity contribution in [1.29, 1.82) is 0 Å². The number of aromatic nitrogens is 4. The summed E-state index contributed by atoms with van der Waals surface area (Å²) in [7, 11) is 2.76. The molecule has 0 spiro atoms. The second kappa shape index (κ2) is 22.7. The van der Waals surface area contributed by atoms with Crippen LogP contribution in [0.2, 0.25) is 0 Å². The Labute approximate surface area is 378 Å². The highest BCUT2D eigenvalue weighted by molar-refractivity contribution is 6.09. The van der Waals surface area contributed by atoms with Crippen molar-refractivity contribution >= 4 is 29.4 Å². The Hall–Kier alpha value is -8.31. The average Bonchev–Trinajstić information content (AvgIpc) is 3.37. The van der Waals surface area contributed by atoms with Gasteiger partial charge in [-0.1, -0.05) is 170 Å². The first kappa shape index (κ1) is 44.7. The minimum atomic E-state index is -0.592. The van der Waals surface area contributed by atoms with E-state index in [1.54, 1.807) is 30.3 Å². The maximum absolute atomic E-state index is 12.6. The molecule has 11 nitrogen and oxygen atoms in total. The minimum absolute atomic E-state index is 0.0333. The molecule has 0 aliphatic heterocycles. The lowest BCUT2D eigenvalue weighted by molar-refractivity contribution is -0.142. The number of carbonyl (C=O) groups is 3. The smallest absolute Gasteiger partial charge is 0.328 e. The van der Waals surface area contributed by atoms with E-state index in [1.165, 1.54) is 38.0 Å². The SMILES string of the molecule is COC(=O)C(Cc1ccccc1)Nc1cc(-c2ccc(C(=O)c3ccccc3)cc2)ncn1.COC(=O)C(Cc1ccccc1)Nc1cc(-c2ccc(Cc3ccccc3)cc2)ncn1. The van der Waals surface area contributed by atoms with Crippen LogP contribution in [-0.2, 0) is 38.3 Å². The van der Waals surface area contributed by atoms with Gasteiger partial charge in [0.25, 0.3) is 0 Å². The van der Waals surface area contributed by atoms with Gasteiger partial charge in [-0.25, -0.2) is 29.5 Å². The Morgan fingerprint density at radius 2 is 0.815 bits per heavy atom. The molecule has 0 aliphatic carbocycles. The van der Waals surface area contributed by atoms with E-state index < -0.39 is 12.1 Å². The Bertz CT molecular complexity index is 2760. The molecule has 0 saturated carbocycles. The summed E-state index contributed by atoms with van der Waals surface area (Å²) in [4.78, 5) is 54.6. The van der Waals surface area contributed by atoms with Gasteiger partial charge in [0.1, 0.15) is 36.4 Å². The zero-order valence-electron chi connectivity index (χ0n) is 36.1. The third kappa shape index (κ3) is 12.9. The minimum Gasteiger partial charge on any atom is -0.467 e. The summed E-state index contributed by atoms with van der Waals surface area (Å²) in [5, 5.41) is 6.37. The van der Waals surface area contributed by atoms with Crippen LogP contribution >= 0.6 is 0 Å². The maximum atomic E-state index is 12.6. The molecule has 2 N–H and O–H groups in total. The average molecular weight is 861 g/mol. The number of esters is 2. The van der Waals surface area contributed by atoms with E-state index in [9.17, 15) is 14.4 Å². The Balaban J connectivity index is 0.000000194. The number of nitrogens with zero attached hydrogens (tertiary/aromatic N) is 4. The van der Waals surface area contributed by atoms with Crippen molar-refractivity contribution in [2.24, 2.45) is 0 Å². The molecule has 11 heteroatoms. The third-order valence-corrected chi connectivity index (χ3v) is 10.5. The van der Waals surface area contributed by atoms with Gasteiger partial charge in [-0.15, -0.1) is 0 Å². The molecular weight excluding hydrogens is 813 g/mol. The highest BCUT2D eigenvalue weighted by Gasteiger charge is 2.22. The first-order valence-corrected chi connectivity index (χ1v) is 21.1. The number of methoxy groups -OCH3 is 2. The summed E-state index contributed by atoms with van der Waals surface area (Å²) in [6.45, 7) is 0. The fraction of sp³-hybridized carbons (Fsp3) is 0.130. The lowest BCUT2D eigenvalue weighted by atomic mass is 10.0. The van der Waals surface area contributed by atoms with Crippen LogP contribution in [0.25, 0.3) is 22.5 Å². The number of anilines is 2. The van der Waals surface area contributed by atoms with E-state index in [1.807, 2.05) is 103 Å². The first-order chi connectivity index (χ1) is 31.8. The summed E-state index contributed by atoms with van der Waals surface area (Å²) in [5.41, 5.74) is 9.10. The number of nitrogens with one attached hydrogen (secondary N) is 2. The Morgan fingerprint density at radius 3 is 1.25 bits per heavy atom. The molecular formula is C54H48N6O5. The highest BCUT2D eigenvalue weighted by atomic mass is 16.5. The molecule has 2 heterocycles. The number of ether oxygens (including phenoxy) is 2. The highest BCUT2D eigenvalue weighted by Crippen LogP contribution is 2.23. The van der Waals surface area contributed by atoms with Gasteiger partial charge in [-0.3, -0.25) is 4.79 Å². The van der Waals surface area contributed by atoms with Crippen molar-refractivity contribution < 1.29 is 23.9 Å². The van der Waals surface area contributed by atoms with E-state index in [2.05, 4.69) is 79.1 Å². The van der Waals surface area contributed by atoms with E-state index in [0.717, 1.165) is 34.4 Å². The number of hydrogen-bond donors (Lipinski definition) is 2. The number of rotatable bonds is 16. The second-order valence-electron chi connectivity index (χ2n) is 15.0. The molecule has 2 atom stereocenters. The van der Waals surface area contributed by atoms with Gasteiger partial charge in [0.05, 0.1) is 25.6 Å². The van der Waals surface area contributed by atoms with Crippen molar-refractivity contribution in [3.63, 3.8) is 0 Å². The summed E-state index contributed by atoms with van der Waals surface area (Å²) in [5.74, 6) is 0.349. The van der Waals surface area contributed by atoms with Gasteiger partial charge in [-0.05, 0) is 28.7 Å². The van der Waals surface area contributed by atoms with Crippen molar-refractivity contribution in [2.45, 2.75) is 31.3 Å². The van der Waals surface area contributed by atoms with Crippen molar-refractivity contribution in [2.75, 3.05) is 24.9 Å². The van der Waals surface area contributed by atoms with Crippen LogP contribution in [0.15, 0.2) is 195 Å². The van der Waals surface area contributed by atoms with Gasteiger partial charge in [0.2, 0.25) is 0 Å². The molecule has 0 fully saturated rings. The molecule has 2 aromatic heterocycles. The summed E-state index contributed by atoms with van der Waals surface area (Å²) < 4.78 is 9.96. The number of benzene rings is 6. The fourth-order valence-corrected chi connectivity index (χ4v) is 7.09. The predicted octanol–water partition coefficient (Wildman–Crippen LogP) is 9.50. The van der Waals surface area contributed by atoms with Crippen molar-refractivity contribution in [3.05, 3.63) is 228 Å². The normalized spacial score (nSPS) is 11.5. The third-order valence-electron chi connectivity index (χ3n) is 10.5. The van der Waals surface area contributed by atoms with Crippen LogP contribution in [0, 0.1) is 0 Å². The lowest BCUT2D eigenvalue weighted by Gasteiger charge is -2.17. The zero-order valence-corrected chi connectivity index (χ0v) is 36.1. The molecule has 324 valence electrons. The molecule has 8 rings (SSSR count). The van der Waals surface area contributed by atoms with E-state index in [0.29, 0.717) is 41.3 Å². The van der Waals surface area contributed by atoms with E-state index in [4.69, 9.17) is 9.47 Å². The predicted molar refractivity (Wildman–Crippen MR) is 253 cm³/mol. The van der Waals surface area contributed by atoms with Gasteiger partial charge in [-0.2, -0.15) is 0 Å². The molecule has 0 saturated heterocycles. The summed E-state index contributed by atoms with van der Waals surface area (Å²) >= 11 is 0. The summed E-state index contributed by atoms with van der Waals surface area (Å²) in [6.07, 6.45) is 4.80. The first-order valence-electron chi connectivity index (χ1n) is 21.1. The largest absolute Gasteiger partial charge is 0.467 e. The van der Waals surface area contributed by atoms with Crippen LogP contribution in [0.4, 0.5) is 11.6 Å². The molecule has 0 bridgehead atoms. The molecule has 0 radical (unpaired) electrons. The standard InChI is InChI=1S/C27H23N3O3.C27H25N3O2/c1-33-27(32)24(16-19-8-4-2-5-9-19)30-25-17-23(28-18-29-25)20-12-14-22(15-13-20)26(31)21-10-6-3-7-11-21;1-32-27(31)25(17-21-10-6-3-7-11-21)30-26-18-24(28-19-29-26)23-14-12-22(13-15-23)16-20-8-4-2-5-9-20/h2-15,17-18,24H,16H2,1H3,(H,28,29,30);2-15,18-19,25H,16-17H2,1H3,(H,28,29,30). The van der Waals surface area contributed by atoms with Crippen molar-refractivity contribution in [1.82, 2.24) is 19.9 Å². The van der Waals surface area contributed by atoms with E-state index >= 15 is 0 Å². The van der Waals surface area contributed by atoms with Crippen LogP contribution in [0.5, 0.6) is 0 Å². The van der Waals surface area contributed by atoms with Gasteiger partial charge >= 0.3 is 11.9 Å². The molecule has 6 aromatic carbocycles. The number of ketones is 1. The lowest BCUT2D eigenvalue weighted by Crippen LogP contribution is -2.33. The Kier molecular flexibility index (Phi) is 15.6. The fourth-order valence-electron chi connectivity index (χ4n) is 7.09.